The van der Waals surface area contributed by atoms with Gasteiger partial charge in [-0.25, -0.2) is 4.98 Å². The average Bonchev–Trinajstić information content (AvgIpc) is 2.99. The van der Waals surface area contributed by atoms with Crippen LogP contribution in [0.15, 0.2) is 36.4 Å². The Labute approximate surface area is 161 Å². The van der Waals surface area contributed by atoms with Crippen LogP contribution in [0.25, 0.3) is 11.0 Å². The first-order valence-electron chi connectivity index (χ1n) is 9.79. The van der Waals surface area contributed by atoms with E-state index >= 15 is 0 Å². The quantitative estimate of drug-likeness (QED) is 0.562. The van der Waals surface area contributed by atoms with Crippen LogP contribution in [-0.4, -0.2) is 21.3 Å². The van der Waals surface area contributed by atoms with Gasteiger partial charge in [-0.05, 0) is 73.6 Å². The second-order valence-corrected chi connectivity index (χ2v) is 7.54. The molecule has 0 spiro atoms. The molecule has 0 saturated carbocycles. The van der Waals surface area contributed by atoms with E-state index in [-0.39, 0.29) is 6.61 Å². The molecule has 4 heteroatoms. The number of aryl methyl sites for hydroxylation is 3. The van der Waals surface area contributed by atoms with Gasteiger partial charge in [0.2, 0.25) is 0 Å². The molecule has 4 nitrogen and oxygen atoms in total. The normalized spacial score (nSPS) is 11.5. The summed E-state index contributed by atoms with van der Waals surface area (Å²) in [4.78, 5) is 4.58. The number of aliphatic hydroxyl groups is 1. The van der Waals surface area contributed by atoms with Crippen molar-refractivity contribution in [3.05, 3.63) is 58.9 Å². The zero-order chi connectivity index (χ0) is 19.4. The van der Waals surface area contributed by atoms with Gasteiger partial charge in [-0.3, -0.25) is 0 Å². The summed E-state index contributed by atoms with van der Waals surface area (Å²) in [7, 11) is 0. The topological polar surface area (TPSA) is 47.3 Å². The van der Waals surface area contributed by atoms with Crippen molar-refractivity contribution in [3.63, 3.8) is 0 Å². The van der Waals surface area contributed by atoms with Crippen molar-refractivity contribution in [2.75, 3.05) is 6.61 Å². The summed E-state index contributed by atoms with van der Waals surface area (Å²) in [5, 5.41) is 9.66. The molecule has 0 unspecified atom stereocenters. The standard InChI is InChI=1S/C23H30N2O2/c1-16(2)19-7-9-20(10-8-19)27-12-6-5-11-25-22-14-18(4)17(3)13-21(22)24-23(25)15-26/h7-10,13-14,16,26H,5-6,11-12,15H2,1-4H3. The van der Waals surface area contributed by atoms with E-state index in [9.17, 15) is 5.11 Å². The fourth-order valence-corrected chi connectivity index (χ4v) is 3.31. The number of imidazole rings is 1. The minimum atomic E-state index is -0.0362. The van der Waals surface area contributed by atoms with E-state index in [2.05, 4.69) is 61.5 Å². The highest BCUT2D eigenvalue weighted by Crippen LogP contribution is 2.22. The molecular formula is C23H30N2O2. The van der Waals surface area contributed by atoms with E-state index in [1.807, 2.05) is 12.1 Å². The number of benzene rings is 2. The molecule has 0 aliphatic rings. The number of fused-ring (bicyclic) bond motifs is 1. The second kappa shape index (κ2) is 8.57. The molecule has 0 aliphatic carbocycles. The van der Waals surface area contributed by atoms with Crippen LogP contribution < -0.4 is 4.74 Å². The van der Waals surface area contributed by atoms with Gasteiger partial charge in [0.25, 0.3) is 0 Å². The fourth-order valence-electron chi connectivity index (χ4n) is 3.31. The third-order valence-electron chi connectivity index (χ3n) is 5.18. The van der Waals surface area contributed by atoms with Crippen molar-refractivity contribution in [2.45, 2.75) is 59.6 Å². The van der Waals surface area contributed by atoms with Crippen molar-refractivity contribution in [1.82, 2.24) is 9.55 Å². The van der Waals surface area contributed by atoms with Gasteiger partial charge in [0.05, 0.1) is 17.6 Å². The average molecular weight is 367 g/mol. The Balaban J connectivity index is 1.56. The van der Waals surface area contributed by atoms with Crippen LogP contribution in [0.1, 0.15) is 55.1 Å². The van der Waals surface area contributed by atoms with Crippen LogP contribution >= 0.6 is 0 Å². The van der Waals surface area contributed by atoms with Crippen LogP contribution in [0.4, 0.5) is 0 Å². The fraction of sp³-hybridized carbons (Fsp3) is 0.435. The number of ether oxygens (including phenoxy) is 1. The predicted octanol–water partition coefficient (Wildman–Crippen LogP) is 5.13. The zero-order valence-corrected chi connectivity index (χ0v) is 16.8. The van der Waals surface area contributed by atoms with Crippen LogP contribution in [0, 0.1) is 13.8 Å². The lowest BCUT2D eigenvalue weighted by molar-refractivity contribution is 0.263. The van der Waals surface area contributed by atoms with Gasteiger partial charge < -0.3 is 14.4 Å². The molecule has 0 saturated heterocycles. The molecule has 2 aromatic carbocycles. The lowest BCUT2D eigenvalue weighted by Crippen LogP contribution is -2.06. The first-order valence-corrected chi connectivity index (χ1v) is 9.79. The first kappa shape index (κ1) is 19.4. The largest absolute Gasteiger partial charge is 0.494 e. The third kappa shape index (κ3) is 4.51. The summed E-state index contributed by atoms with van der Waals surface area (Å²) in [6.07, 6.45) is 1.94. The molecule has 0 radical (unpaired) electrons. The number of hydrogen-bond donors (Lipinski definition) is 1. The minimum Gasteiger partial charge on any atom is -0.494 e. The van der Waals surface area contributed by atoms with Gasteiger partial charge >= 0.3 is 0 Å². The van der Waals surface area contributed by atoms with Gasteiger partial charge in [0.15, 0.2) is 0 Å². The third-order valence-corrected chi connectivity index (χ3v) is 5.18. The Kier molecular flexibility index (Phi) is 6.17. The molecular weight excluding hydrogens is 336 g/mol. The number of nitrogens with zero attached hydrogens (tertiary/aromatic N) is 2. The zero-order valence-electron chi connectivity index (χ0n) is 16.8. The minimum absolute atomic E-state index is 0.0362. The highest BCUT2D eigenvalue weighted by Gasteiger charge is 2.11. The molecule has 0 atom stereocenters. The monoisotopic (exact) mass is 366 g/mol. The first-order chi connectivity index (χ1) is 13.0. The highest BCUT2D eigenvalue weighted by atomic mass is 16.5. The number of rotatable bonds is 8. The molecule has 3 aromatic rings. The van der Waals surface area contributed by atoms with Crippen molar-refractivity contribution in [2.24, 2.45) is 0 Å². The van der Waals surface area contributed by atoms with Gasteiger partial charge in [0, 0.05) is 6.54 Å². The van der Waals surface area contributed by atoms with E-state index in [1.54, 1.807) is 0 Å². The number of hydrogen-bond acceptors (Lipinski definition) is 3. The molecule has 144 valence electrons. The maximum atomic E-state index is 9.66. The van der Waals surface area contributed by atoms with Crippen molar-refractivity contribution < 1.29 is 9.84 Å². The summed E-state index contributed by atoms with van der Waals surface area (Å²) in [6, 6.07) is 12.6. The van der Waals surface area contributed by atoms with E-state index in [0.717, 1.165) is 42.0 Å². The van der Waals surface area contributed by atoms with E-state index in [4.69, 9.17) is 4.74 Å². The predicted molar refractivity (Wildman–Crippen MR) is 110 cm³/mol. The summed E-state index contributed by atoms with van der Waals surface area (Å²) in [5.41, 5.74) is 5.88. The Morgan fingerprint density at radius 3 is 2.41 bits per heavy atom. The molecule has 3 rings (SSSR count). The van der Waals surface area contributed by atoms with Gasteiger partial charge in [-0.2, -0.15) is 0 Å². The second-order valence-electron chi connectivity index (χ2n) is 7.54. The summed E-state index contributed by atoms with van der Waals surface area (Å²) < 4.78 is 8.00. The van der Waals surface area contributed by atoms with E-state index in [1.165, 1.54) is 16.7 Å². The van der Waals surface area contributed by atoms with Crippen molar-refractivity contribution >= 4 is 11.0 Å². The molecule has 1 aromatic heterocycles. The van der Waals surface area contributed by atoms with Crippen LogP contribution in [0.3, 0.4) is 0 Å². The van der Waals surface area contributed by atoms with Crippen LogP contribution in [0.5, 0.6) is 5.75 Å². The lowest BCUT2D eigenvalue weighted by Gasteiger charge is -2.11. The highest BCUT2D eigenvalue weighted by molar-refractivity contribution is 5.78. The summed E-state index contributed by atoms with van der Waals surface area (Å²) >= 11 is 0. The molecule has 0 amide bonds. The van der Waals surface area contributed by atoms with Crippen molar-refractivity contribution in [3.8, 4) is 5.75 Å². The van der Waals surface area contributed by atoms with Crippen LogP contribution in [-0.2, 0) is 13.2 Å². The number of aliphatic hydroxyl groups excluding tert-OH is 1. The van der Waals surface area contributed by atoms with E-state index < -0.39 is 0 Å². The smallest absolute Gasteiger partial charge is 0.135 e. The van der Waals surface area contributed by atoms with Crippen LogP contribution in [0.2, 0.25) is 0 Å². The maximum Gasteiger partial charge on any atom is 0.135 e. The SMILES string of the molecule is Cc1cc2nc(CO)n(CCCCOc3ccc(C(C)C)cc3)c2cc1C. The summed E-state index contributed by atoms with van der Waals surface area (Å²) in [5.74, 6) is 2.20. The van der Waals surface area contributed by atoms with Gasteiger partial charge in [-0.15, -0.1) is 0 Å². The van der Waals surface area contributed by atoms with E-state index in [0.29, 0.717) is 12.5 Å². The molecule has 1 heterocycles. The van der Waals surface area contributed by atoms with Gasteiger partial charge in [-0.1, -0.05) is 26.0 Å². The number of unbranched alkanes of at least 4 members (excludes halogenated alkanes) is 1. The Hall–Kier alpha value is -2.33. The molecule has 27 heavy (non-hydrogen) atoms. The lowest BCUT2D eigenvalue weighted by atomic mass is 10.0. The summed E-state index contributed by atoms with van der Waals surface area (Å²) in [6.45, 7) is 10.1. The molecule has 0 aliphatic heterocycles. The molecule has 0 fully saturated rings. The van der Waals surface area contributed by atoms with Crippen molar-refractivity contribution in [1.29, 1.82) is 0 Å². The maximum absolute atomic E-state index is 9.66. The Morgan fingerprint density at radius 2 is 1.74 bits per heavy atom. The Bertz CT molecular complexity index is 895. The molecule has 1 N–H and O–H groups in total. The van der Waals surface area contributed by atoms with Gasteiger partial charge in [0.1, 0.15) is 18.2 Å². The molecule has 0 bridgehead atoms. The Morgan fingerprint density at radius 1 is 1.04 bits per heavy atom. The number of aromatic nitrogens is 2.